The first kappa shape index (κ1) is 16.4. The van der Waals surface area contributed by atoms with Gasteiger partial charge in [0.2, 0.25) is 0 Å². The zero-order chi connectivity index (χ0) is 18.3. The summed E-state index contributed by atoms with van der Waals surface area (Å²) in [6.45, 7) is 6.42. The van der Waals surface area contributed by atoms with Crippen LogP contribution in [0.25, 0.3) is 33.5 Å². The summed E-state index contributed by atoms with van der Waals surface area (Å²) >= 11 is 0. The maximum atomic E-state index is 10.4. The van der Waals surface area contributed by atoms with E-state index in [9.17, 15) is 5.11 Å². The van der Waals surface area contributed by atoms with Crippen molar-refractivity contribution < 1.29 is 5.11 Å². The van der Waals surface area contributed by atoms with E-state index in [1.807, 2.05) is 37.3 Å². The van der Waals surface area contributed by atoms with Gasteiger partial charge in [-0.15, -0.1) is 0 Å². The van der Waals surface area contributed by atoms with E-state index in [-0.39, 0.29) is 5.75 Å². The number of phenols is 1. The summed E-state index contributed by atoms with van der Waals surface area (Å²) in [5.41, 5.74) is 7.25. The average molecular weight is 342 g/mol. The van der Waals surface area contributed by atoms with Gasteiger partial charge in [0.15, 0.2) is 0 Å². The number of H-pyrrole nitrogens is 1. The topological polar surface area (TPSA) is 48.9 Å². The molecule has 0 bridgehead atoms. The summed E-state index contributed by atoms with van der Waals surface area (Å²) in [5.74, 6) is 1.43. The van der Waals surface area contributed by atoms with Gasteiger partial charge < -0.3 is 10.1 Å². The van der Waals surface area contributed by atoms with Crippen molar-refractivity contribution in [3.63, 3.8) is 0 Å². The molecule has 3 heteroatoms. The number of aromatic amines is 1. The van der Waals surface area contributed by atoms with Crippen molar-refractivity contribution in [1.82, 2.24) is 9.97 Å². The molecule has 1 heterocycles. The molecule has 0 aliphatic rings. The number of benzene rings is 3. The predicted molar refractivity (Wildman–Crippen MR) is 107 cm³/mol. The van der Waals surface area contributed by atoms with Crippen molar-refractivity contribution in [2.45, 2.75) is 26.7 Å². The molecule has 0 saturated carbocycles. The molecule has 3 nitrogen and oxygen atoms in total. The summed E-state index contributed by atoms with van der Waals surface area (Å²) in [4.78, 5) is 8.03. The van der Waals surface area contributed by atoms with Crippen LogP contribution >= 0.6 is 0 Å². The molecule has 0 aliphatic heterocycles. The van der Waals surface area contributed by atoms with E-state index in [2.05, 4.69) is 43.1 Å². The zero-order valence-corrected chi connectivity index (χ0v) is 15.2. The van der Waals surface area contributed by atoms with Crippen LogP contribution in [0.3, 0.4) is 0 Å². The van der Waals surface area contributed by atoms with Crippen LogP contribution in [0.4, 0.5) is 0 Å². The maximum absolute atomic E-state index is 10.4. The first-order valence-electron chi connectivity index (χ1n) is 8.92. The van der Waals surface area contributed by atoms with Crippen molar-refractivity contribution in [3.8, 4) is 28.3 Å². The Hall–Kier alpha value is -3.07. The van der Waals surface area contributed by atoms with Crippen molar-refractivity contribution >= 4 is 11.0 Å². The normalized spacial score (nSPS) is 11.4. The van der Waals surface area contributed by atoms with Gasteiger partial charge >= 0.3 is 0 Å². The fourth-order valence-corrected chi connectivity index (χ4v) is 3.27. The molecule has 0 aliphatic carbocycles. The van der Waals surface area contributed by atoms with Gasteiger partial charge in [-0.1, -0.05) is 56.3 Å². The number of aromatic nitrogens is 2. The van der Waals surface area contributed by atoms with Crippen LogP contribution in [0.5, 0.6) is 5.75 Å². The van der Waals surface area contributed by atoms with E-state index in [0.717, 1.165) is 27.7 Å². The van der Waals surface area contributed by atoms with Gasteiger partial charge in [-0.25, -0.2) is 4.98 Å². The molecule has 4 aromatic rings. The summed E-state index contributed by atoms with van der Waals surface area (Å²) in [6.07, 6.45) is 0. The van der Waals surface area contributed by atoms with Crippen LogP contribution in [-0.4, -0.2) is 15.1 Å². The van der Waals surface area contributed by atoms with Gasteiger partial charge in [-0.05, 0) is 53.3 Å². The Bertz CT molecular complexity index is 1080. The van der Waals surface area contributed by atoms with Crippen LogP contribution in [0.15, 0.2) is 60.7 Å². The Kier molecular flexibility index (Phi) is 4.00. The molecule has 26 heavy (non-hydrogen) atoms. The molecule has 0 radical (unpaired) electrons. The summed E-state index contributed by atoms with van der Waals surface area (Å²) < 4.78 is 0. The second-order valence-electron chi connectivity index (χ2n) is 7.07. The van der Waals surface area contributed by atoms with E-state index in [4.69, 9.17) is 4.98 Å². The zero-order valence-electron chi connectivity index (χ0n) is 15.2. The SMILES string of the molecule is Cc1cccc2[nH]c(-c3cc(-c4ccc(C(C)C)cc4)ccc3O)nc12. The van der Waals surface area contributed by atoms with Gasteiger partial charge in [0.05, 0.1) is 16.6 Å². The number of hydrogen-bond acceptors (Lipinski definition) is 2. The minimum absolute atomic E-state index is 0.226. The Balaban J connectivity index is 1.79. The number of imidazole rings is 1. The van der Waals surface area contributed by atoms with Crippen LogP contribution in [-0.2, 0) is 0 Å². The number of aryl methyl sites for hydroxylation is 1. The number of para-hydroxylation sites is 1. The number of rotatable bonds is 3. The van der Waals surface area contributed by atoms with Crippen LogP contribution < -0.4 is 0 Å². The van der Waals surface area contributed by atoms with Gasteiger partial charge in [0.25, 0.3) is 0 Å². The van der Waals surface area contributed by atoms with Gasteiger partial charge in [0, 0.05) is 0 Å². The summed E-state index contributed by atoms with van der Waals surface area (Å²) in [5, 5.41) is 10.4. The molecular weight excluding hydrogens is 320 g/mol. The number of phenolic OH excluding ortho intramolecular Hbond substituents is 1. The quantitative estimate of drug-likeness (QED) is 0.477. The highest BCUT2D eigenvalue weighted by Crippen LogP contribution is 2.34. The Morgan fingerprint density at radius 2 is 1.65 bits per heavy atom. The molecule has 2 N–H and O–H groups in total. The first-order chi connectivity index (χ1) is 12.5. The highest BCUT2D eigenvalue weighted by Gasteiger charge is 2.12. The van der Waals surface area contributed by atoms with Crippen LogP contribution in [0, 0.1) is 6.92 Å². The Labute approximate surface area is 153 Å². The van der Waals surface area contributed by atoms with E-state index < -0.39 is 0 Å². The molecule has 0 amide bonds. The van der Waals surface area contributed by atoms with Crippen molar-refractivity contribution in [2.24, 2.45) is 0 Å². The van der Waals surface area contributed by atoms with E-state index in [1.165, 1.54) is 5.56 Å². The van der Waals surface area contributed by atoms with Crippen molar-refractivity contribution in [3.05, 3.63) is 71.8 Å². The first-order valence-corrected chi connectivity index (χ1v) is 8.92. The fraction of sp³-hybridized carbons (Fsp3) is 0.174. The lowest BCUT2D eigenvalue weighted by Gasteiger charge is -2.09. The summed E-state index contributed by atoms with van der Waals surface area (Å²) in [6, 6.07) is 20.3. The number of nitrogens with zero attached hydrogens (tertiary/aromatic N) is 1. The van der Waals surface area contributed by atoms with E-state index in [0.29, 0.717) is 17.3 Å². The third-order valence-corrected chi connectivity index (χ3v) is 4.88. The molecule has 0 unspecified atom stereocenters. The minimum Gasteiger partial charge on any atom is -0.507 e. The third-order valence-electron chi connectivity index (χ3n) is 4.88. The molecule has 130 valence electrons. The second-order valence-corrected chi connectivity index (χ2v) is 7.07. The van der Waals surface area contributed by atoms with Gasteiger partial charge in [0.1, 0.15) is 11.6 Å². The third kappa shape index (κ3) is 2.86. The number of aromatic hydroxyl groups is 1. The van der Waals surface area contributed by atoms with Crippen molar-refractivity contribution in [2.75, 3.05) is 0 Å². The van der Waals surface area contributed by atoms with Crippen LogP contribution in [0.2, 0.25) is 0 Å². The molecular formula is C23H22N2O. The molecule has 0 atom stereocenters. The lowest BCUT2D eigenvalue weighted by Crippen LogP contribution is -1.88. The molecule has 0 spiro atoms. The minimum atomic E-state index is 0.226. The summed E-state index contributed by atoms with van der Waals surface area (Å²) in [7, 11) is 0. The Morgan fingerprint density at radius 3 is 2.35 bits per heavy atom. The second kappa shape index (κ2) is 6.34. The molecule has 0 fully saturated rings. The van der Waals surface area contributed by atoms with E-state index >= 15 is 0 Å². The smallest absolute Gasteiger partial charge is 0.142 e. The largest absolute Gasteiger partial charge is 0.507 e. The Morgan fingerprint density at radius 1 is 0.923 bits per heavy atom. The predicted octanol–water partition coefficient (Wildman–Crippen LogP) is 6.03. The maximum Gasteiger partial charge on any atom is 0.142 e. The molecule has 0 saturated heterocycles. The monoisotopic (exact) mass is 342 g/mol. The molecule has 3 aromatic carbocycles. The number of fused-ring (bicyclic) bond motifs is 1. The molecule has 1 aromatic heterocycles. The van der Waals surface area contributed by atoms with Gasteiger partial charge in [-0.2, -0.15) is 0 Å². The fourth-order valence-electron chi connectivity index (χ4n) is 3.27. The lowest BCUT2D eigenvalue weighted by molar-refractivity contribution is 0.477. The lowest BCUT2D eigenvalue weighted by atomic mass is 9.97. The highest BCUT2D eigenvalue weighted by atomic mass is 16.3. The van der Waals surface area contributed by atoms with Crippen LogP contribution in [0.1, 0.15) is 30.9 Å². The van der Waals surface area contributed by atoms with Crippen molar-refractivity contribution in [1.29, 1.82) is 0 Å². The average Bonchev–Trinajstić information content (AvgIpc) is 3.08. The molecule has 4 rings (SSSR count). The number of nitrogens with one attached hydrogen (secondary N) is 1. The highest BCUT2D eigenvalue weighted by molar-refractivity contribution is 5.84. The van der Waals surface area contributed by atoms with Gasteiger partial charge in [-0.3, -0.25) is 0 Å². The standard InChI is InChI=1S/C23H22N2O/c1-14(2)16-7-9-17(10-8-16)18-11-12-21(26)19(13-18)23-24-20-6-4-5-15(3)22(20)25-23/h4-14,26H,1-3H3,(H,24,25). The number of hydrogen-bond donors (Lipinski definition) is 2. The van der Waals surface area contributed by atoms with E-state index in [1.54, 1.807) is 6.07 Å².